The Hall–Kier alpha value is -1.52. The highest BCUT2D eigenvalue weighted by Crippen LogP contribution is 2.47. The fourth-order valence-corrected chi connectivity index (χ4v) is 4.63. The Labute approximate surface area is 128 Å². The molecule has 0 N–H and O–H groups in total. The van der Waals surface area contributed by atoms with E-state index in [1.165, 1.54) is 16.2 Å². The van der Waals surface area contributed by atoms with E-state index in [0.29, 0.717) is 5.37 Å². The molecule has 0 saturated heterocycles. The molecule has 0 aliphatic carbocycles. The van der Waals surface area contributed by atoms with E-state index < -0.39 is 0 Å². The number of rotatable bonds is 1. The van der Waals surface area contributed by atoms with E-state index in [-0.39, 0.29) is 0 Å². The molecule has 2 aliphatic rings. The van der Waals surface area contributed by atoms with Crippen LogP contribution in [0.3, 0.4) is 0 Å². The van der Waals surface area contributed by atoms with Crippen molar-refractivity contribution in [1.82, 2.24) is 9.47 Å². The maximum Gasteiger partial charge on any atom is 0.121 e. The minimum atomic E-state index is 0.312. The highest BCUT2D eigenvalue weighted by Gasteiger charge is 2.33. The van der Waals surface area contributed by atoms with Crippen LogP contribution in [0.4, 0.5) is 0 Å². The third-order valence-electron chi connectivity index (χ3n) is 3.82. The summed E-state index contributed by atoms with van der Waals surface area (Å²) in [6.45, 7) is 2.02. The van der Waals surface area contributed by atoms with Crippen LogP contribution in [-0.4, -0.2) is 21.0 Å². The summed E-state index contributed by atoms with van der Waals surface area (Å²) in [4.78, 5) is 4.56. The average Bonchev–Trinajstić information content (AvgIpc) is 2.97. The Morgan fingerprint density at radius 3 is 2.75 bits per heavy atom. The second kappa shape index (κ2) is 4.79. The number of thioether (sulfide) groups is 1. The normalized spacial score (nSPS) is 21.2. The first-order valence-corrected chi connectivity index (χ1v) is 8.01. The summed E-state index contributed by atoms with van der Waals surface area (Å²) >= 11 is 7.51. The number of hydrogen-bond donors (Lipinski definition) is 0. The number of hydrogen-bond acceptors (Lipinski definition) is 2. The Balaban J connectivity index is 1.75. The van der Waals surface area contributed by atoms with E-state index in [0.717, 1.165) is 18.1 Å². The van der Waals surface area contributed by atoms with Gasteiger partial charge in [0.1, 0.15) is 10.4 Å². The summed E-state index contributed by atoms with van der Waals surface area (Å²) in [5, 5.41) is 0.312. The van der Waals surface area contributed by atoms with Crippen molar-refractivity contribution in [2.75, 3.05) is 6.54 Å². The van der Waals surface area contributed by atoms with Gasteiger partial charge in [0.25, 0.3) is 0 Å². The van der Waals surface area contributed by atoms with Crippen LogP contribution in [0.25, 0.3) is 4.91 Å². The van der Waals surface area contributed by atoms with Crippen molar-refractivity contribution < 1.29 is 0 Å². The lowest BCUT2D eigenvalue weighted by atomic mass is 10.2. The summed E-state index contributed by atoms with van der Waals surface area (Å²) in [6, 6.07) is 14.8. The van der Waals surface area contributed by atoms with E-state index in [1.807, 2.05) is 17.8 Å². The zero-order chi connectivity index (χ0) is 13.5. The molecule has 0 fully saturated rings. The molecule has 0 bridgehead atoms. The molecular formula is C16H14N2S2. The van der Waals surface area contributed by atoms with E-state index in [9.17, 15) is 0 Å². The summed E-state index contributed by atoms with van der Waals surface area (Å²) < 4.78 is 2.34. The SMILES string of the molecule is S=C1C=C(c2ccccc2)SC2c3cccn3CCN12. The standard InChI is InChI=1S/C16H14N2S2/c19-15-11-14(12-5-2-1-3-6-12)20-16-13-7-4-8-17(13)9-10-18(15)16/h1-8,11,16H,9-10H2. The predicted molar refractivity (Wildman–Crippen MR) is 88.5 cm³/mol. The Bertz CT molecular complexity index is 688. The van der Waals surface area contributed by atoms with Crippen molar-refractivity contribution in [3.8, 4) is 0 Å². The Morgan fingerprint density at radius 2 is 1.90 bits per heavy atom. The fraction of sp³-hybridized carbons (Fsp3) is 0.188. The molecule has 1 aromatic carbocycles. The second-order valence-corrected chi connectivity index (χ2v) is 6.54. The third kappa shape index (κ3) is 1.91. The fourth-order valence-electron chi connectivity index (χ4n) is 2.80. The molecule has 0 saturated carbocycles. The molecule has 1 aromatic heterocycles. The Morgan fingerprint density at radius 1 is 1.05 bits per heavy atom. The van der Waals surface area contributed by atoms with Gasteiger partial charge in [-0.05, 0) is 23.8 Å². The van der Waals surface area contributed by atoms with E-state index in [2.05, 4.69) is 58.1 Å². The van der Waals surface area contributed by atoms with Gasteiger partial charge in [0.15, 0.2) is 0 Å². The summed E-state index contributed by atoms with van der Waals surface area (Å²) in [5.41, 5.74) is 2.60. The minimum absolute atomic E-state index is 0.312. The molecule has 2 nitrogen and oxygen atoms in total. The van der Waals surface area contributed by atoms with Gasteiger partial charge >= 0.3 is 0 Å². The lowest BCUT2D eigenvalue weighted by Gasteiger charge is -2.40. The molecule has 1 unspecified atom stereocenters. The van der Waals surface area contributed by atoms with Crippen LogP contribution in [0.5, 0.6) is 0 Å². The van der Waals surface area contributed by atoms with Gasteiger partial charge in [-0.3, -0.25) is 0 Å². The number of benzene rings is 1. The third-order valence-corrected chi connectivity index (χ3v) is 5.50. The molecule has 2 aromatic rings. The maximum absolute atomic E-state index is 5.61. The number of thiocarbonyl (C=S) groups is 1. The Kier molecular flexibility index (Phi) is 2.93. The minimum Gasteiger partial charge on any atom is -0.347 e. The highest BCUT2D eigenvalue weighted by molar-refractivity contribution is 8.08. The summed E-state index contributed by atoms with van der Waals surface area (Å²) in [6.07, 6.45) is 4.31. The van der Waals surface area contributed by atoms with Crippen LogP contribution >= 0.6 is 24.0 Å². The van der Waals surface area contributed by atoms with Gasteiger partial charge in [0, 0.05) is 24.2 Å². The van der Waals surface area contributed by atoms with E-state index in [1.54, 1.807) is 0 Å². The zero-order valence-electron chi connectivity index (χ0n) is 10.9. The molecule has 4 heteroatoms. The largest absolute Gasteiger partial charge is 0.347 e. The smallest absolute Gasteiger partial charge is 0.121 e. The first kappa shape index (κ1) is 12.2. The topological polar surface area (TPSA) is 8.17 Å². The number of nitrogens with zero attached hydrogens (tertiary/aromatic N) is 2. The van der Waals surface area contributed by atoms with E-state index in [4.69, 9.17) is 12.2 Å². The summed E-state index contributed by atoms with van der Waals surface area (Å²) in [7, 11) is 0. The molecule has 4 rings (SSSR count). The maximum atomic E-state index is 5.61. The second-order valence-electron chi connectivity index (χ2n) is 5.00. The molecule has 100 valence electrons. The lowest BCUT2D eigenvalue weighted by molar-refractivity contribution is 0.334. The monoisotopic (exact) mass is 298 g/mol. The zero-order valence-corrected chi connectivity index (χ0v) is 12.5. The van der Waals surface area contributed by atoms with Crippen LogP contribution in [0.1, 0.15) is 16.6 Å². The van der Waals surface area contributed by atoms with Crippen LogP contribution in [0.2, 0.25) is 0 Å². The van der Waals surface area contributed by atoms with Gasteiger partial charge in [-0.1, -0.05) is 54.3 Å². The van der Waals surface area contributed by atoms with Crippen molar-refractivity contribution in [3.05, 3.63) is 66.0 Å². The first-order valence-electron chi connectivity index (χ1n) is 6.72. The molecule has 3 heterocycles. The molecule has 0 amide bonds. The van der Waals surface area contributed by atoms with Gasteiger partial charge in [-0.15, -0.1) is 0 Å². The van der Waals surface area contributed by atoms with Crippen LogP contribution in [0, 0.1) is 0 Å². The van der Waals surface area contributed by atoms with Gasteiger partial charge in [-0.2, -0.15) is 0 Å². The molecular weight excluding hydrogens is 284 g/mol. The van der Waals surface area contributed by atoms with Gasteiger partial charge < -0.3 is 9.47 Å². The van der Waals surface area contributed by atoms with Crippen molar-refractivity contribution in [3.63, 3.8) is 0 Å². The van der Waals surface area contributed by atoms with Crippen molar-refractivity contribution in [1.29, 1.82) is 0 Å². The van der Waals surface area contributed by atoms with Crippen LogP contribution < -0.4 is 0 Å². The van der Waals surface area contributed by atoms with Gasteiger partial charge in [0.2, 0.25) is 0 Å². The molecule has 0 radical (unpaired) electrons. The van der Waals surface area contributed by atoms with Gasteiger partial charge in [-0.25, -0.2) is 0 Å². The van der Waals surface area contributed by atoms with Crippen molar-refractivity contribution in [2.24, 2.45) is 0 Å². The number of fused-ring (bicyclic) bond motifs is 3. The molecule has 0 spiro atoms. The number of aromatic nitrogens is 1. The first-order chi connectivity index (χ1) is 9.83. The van der Waals surface area contributed by atoms with Crippen LogP contribution in [-0.2, 0) is 6.54 Å². The molecule has 2 aliphatic heterocycles. The quantitative estimate of drug-likeness (QED) is 0.738. The van der Waals surface area contributed by atoms with Crippen LogP contribution in [0.15, 0.2) is 54.7 Å². The average molecular weight is 298 g/mol. The molecule has 1 atom stereocenters. The van der Waals surface area contributed by atoms with Crippen molar-refractivity contribution in [2.45, 2.75) is 11.9 Å². The molecule has 20 heavy (non-hydrogen) atoms. The lowest BCUT2D eigenvalue weighted by Crippen LogP contribution is -2.40. The predicted octanol–water partition coefficient (Wildman–Crippen LogP) is 3.92. The van der Waals surface area contributed by atoms with Crippen molar-refractivity contribution >= 4 is 33.9 Å². The van der Waals surface area contributed by atoms with E-state index >= 15 is 0 Å². The van der Waals surface area contributed by atoms with Gasteiger partial charge in [0.05, 0.1) is 5.69 Å². The summed E-state index contributed by atoms with van der Waals surface area (Å²) in [5.74, 6) is 0. The highest BCUT2D eigenvalue weighted by atomic mass is 32.2.